The molecule has 0 bridgehead atoms. The highest BCUT2D eigenvalue weighted by atomic mass is 19.3. The molecule has 1 aromatic carbocycles. The monoisotopic (exact) mass is 316 g/mol. The van der Waals surface area contributed by atoms with Crippen LogP contribution in [-0.2, 0) is 0 Å². The van der Waals surface area contributed by atoms with E-state index in [9.17, 15) is 8.78 Å². The second-order valence-corrected chi connectivity index (χ2v) is 5.01. The Kier molecular flexibility index (Phi) is 5.79. The Morgan fingerprint density at radius 2 is 1.55 bits per heavy atom. The summed E-state index contributed by atoms with van der Waals surface area (Å²) < 4.78 is 43.4. The Morgan fingerprint density at radius 1 is 1.00 bits per heavy atom. The Bertz CT molecular complexity index is 469. The molecule has 0 saturated carbocycles. The number of nitrogens with one attached hydrogen (secondary N) is 1. The van der Waals surface area contributed by atoms with Gasteiger partial charge in [-0.3, -0.25) is 4.90 Å². The fourth-order valence-corrected chi connectivity index (χ4v) is 2.75. The molecule has 1 saturated heterocycles. The first-order valence-corrected chi connectivity index (χ1v) is 7.15. The van der Waals surface area contributed by atoms with Crippen LogP contribution in [0.5, 0.6) is 17.2 Å². The van der Waals surface area contributed by atoms with Gasteiger partial charge in [-0.15, -0.1) is 0 Å². The van der Waals surface area contributed by atoms with E-state index in [0.717, 1.165) is 0 Å². The summed E-state index contributed by atoms with van der Waals surface area (Å²) in [7, 11) is 4.42. The van der Waals surface area contributed by atoms with Gasteiger partial charge >= 0.3 is 0 Å². The predicted octanol–water partition coefficient (Wildman–Crippen LogP) is 1.92. The molecule has 124 valence electrons. The van der Waals surface area contributed by atoms with Crippen LogP contribution in [-0.4, -0.2) is 58.8 Å². The van der Waals surface area contributed by atoms with Crippen LogP contribution in [0.1, 0.15) is 11.6 Å². The van der Waals surface area contributed by atoms with E-state index in [0.29, 0.717) is 49.0 Å². The van der Waals surface area contributed by atoms with E-state index in [4.69, 9.17) is 14.2 Å². The molecule has 22 heavy (non-hydrogen) atoms. The second kappa shape index (κ2) is 7.60. The Labute approximate surface area is 129 Å². The van der Waals surface area contributed by atoms with Crippen molar-refractivity contribution in [1.82, 2.24) is 10.2 Å². The van der Waals surface area contributed by atoms with Crippen LogP contribution < -0.4 is 19.5 Å². The Balaban J connectivity index is 2.49. The quantitative estimate of drug-likeness (QED) is 0.869. The summed E-state index contributed by atoms with van der Waals surface area (Å²) in [6.07, 6.45) is -2.55. The van der Waals surface area contributed by atoms with Crippen molar-refractivity contribution in [2.75, 3.05) is 47.5 Å². The molecule has 1 atom stereocenters. The molecule has 1 aromatic rings. The standard InChI is InChI=1S/C15H22F2N2O3/c1-20-10-8-11(21-2)13(12(9-10)22-3)14(15(16)17)19-6-4-18-5-7-19/h8-9,14-15,18H,4-7H2,1-3H3/t14-/m1/s1. The van der Waals surface area contributed by atoms with Gasteiger partial charge in [-0.2, -0.15) is 0 Å². The van der Waals surface area contributed by atoms with Gasteiger partial charge in [0.1, 0.15) is 23.3 Å². The normalized spacial score (nSPS) is 17.4. The molecule has 0 amide bonds. The van der Waals surface area contributed by atoms with E-state index in [1.54, 1.807) is 17.0 Å². The fourth-order valence-electron chi connectivity index (χ4n) is 2.75. The molecule has 1 N–H and O–H groups in total. The molecule has 5 nitrogen and oxygen atoms in total. The number of halogens is 2. The molecule has 0 radical (unpaired) electrons. The largest absolute Gasteiger partial charge is 0.496 e. The van der Waals surface area contributed by atoms with Gasteiger partial charge in [-0.1, -0.05) is 0 Å². The number of hydrogen-bond donors (Lipinski definition) is 1. The summed E-state index contributed by atoms with van der Waals surface area (Å²) in [6.45, 7) is 2.47. The average Bonchev–Trinajstić information content (AvgIpc) is 2.55. The molecule has 1 aliphatic heterocycles. The predicted molar refractivity (Wildman–Crippen MR) is 79.3 cm³/mol. The van der Waals surface area contributed by atoms with Crippen LogP contribution >= 0.6 is 0 Å². The van der Waals surface area contributed by atoms with Gasteiger partial charge in [0, 0.05) is 38.3 Å². The average molecular weight is 316 g/mol. The number of piperazine rings is 1. The van der Waals surface area contributed by atoms with E-state index in [1.165, 1.54) is 21.3 Å². The highest BCUT2D eigenvalue weighted by Crippen LogP contribution is 2.43. The van der Waals surface area contributed by atoms with Crippen molar-refractivity contribution >= 4 is 0 Å². The first kappa shape index (κ1) is 16.8. The number of benzene rings is 1. The summed E-state index contributed by atoms with van der Waals surface area (Å²) in [4.78, 5) is 1.76. The first-order chi connectivity index (χ1) is 10.6. The minimum Gasteiger partial charge on any atom is -0.496 e. The topological polar surface area (TPSA) is 43.0 Å². The molecule has 7 heteroatoms. The maximum absolute atomic E-state index is 13.8. The maximum Gasteiger partial charge on any atom is 0.258 e. The number of ether oxygens (including phenoxy) is 3. The molecule has 0 unspecified atom stereocenters. The Hall–Kier alpha value is -1.60. The van der Waals surface area contributed by atoms with E-state index in [1.807, 2.05) is 0 Å². The molecule has 1 heterocycles. The lowest BCUT2D eigenvalue weighted by Gasteiger charge is -2.35. The number of methoxy groups -OCH3 is 3. The van der Waals surface area contributed by atoms with Crippen molar-refractivity contribution in [3.05, 3.63) is 17.7 Å². The summed E-state index contributed by atoms with van der Waals surface area (Å²) >= 11 is 0. The number of nitrogens with zero attached hydrogens (tertiary/aromatic N) is 1. The lowest BCUT2D eigenvalue weighted by Crippen LogP contribution is -2.47. The lowest BCUT2D eigenvalue weighted by molar-refractivity contribution is 0.0158. The van der Waals surface area contributed by atoms with Crippen LogP contribution in [0.15, 0.2) is 12.1 Å². The molecule has 2 rings (SSSR count). The number of alkyl halides is 2. The Morgan fingerprint density at radius 3 is 1.95 bits per heavy atom. The third-order valence-electron chi connectivity index (χ3n) is 3.83. The van der Waals surface area contributed by atoms with Gasteiger partial charge in [0.2, 0.25) is 0 Å². The van der Waals surface area contributed by atoms with Gasteiger partial charge in [-0.05, 0) is 0 Å². The third-order valence-corrected chi connectivity index (χ3v) is 3.83. The lowest BCUT2D eigenvalue weighted by atomic mass is 10.0. The zero-order chi connectivity index (χ0) is 16.1. The molecular formula is C15H22F2N2O3. The van der Waals surface area contributed by atoms with Gasteiger partial charge < -0.3 is 19.5 Å². The molecule has 1 fully saturated rings. The zero-order valence-corrected chi connectivity index (χ0v) is 13.1. The molecule has 1 aliphatic rings. The summed E-state index contributed by atoms with van der Waals surface area (Å²) in [5.74, 6) is 1.20. The van der Waals surface area contributed by atoms with Crippen LogP contribution in [0.2, 0.25) is 0 Å². The van der Waals surface area contributed by atoms with E-state index < -0.39 is 12.5 Å². The van der Waals surface area contributed by atoms with E-state index in [2.05, 4.69) is 5.32 Å². The highest BCUT2D eigenvalue weighted by Gasteiger charge is 2.35. The van der Waals surface area contributed by atoms with Gasteiger partial charge in [0.15, 0.2) is 0 Å². The minimum atomic E-state index is -2.55. The van der Waals surface area contributed by atoms with Gasteiger partial charge in [0.25, 0.3) is 6.43 Å². The maximum atomic E-state index is 13.8. The smallest absolute Gasteiger partial charge is 0.258 e. The van der Waals surface area contributed by atoms with Crippen molar-refractivity contribution in [1.29, 1.82) is 0 Å². The number of hydrogen-bond acceptors (Lipinski definition) is 5. The van der Waals surface area contributed by atoms with Crippen molar-refractivity contribution in [3.63, 3.8) is 0 Å². The van der Waals surface area contributed by atoms with Crippen molar-refractivity contribution in [2.45, 2.75) is 12.5 Å². The fraction of sp³-hybridized carbons (Fsp3) is 0.600. The molecular weight excluding hydrogens is 294 g/mol. The highest BCUT2D eigenvalue weighted by molar-refractivity contribution is 5.52. The molecule has 0 aromatic heterocycles. The van der Waals surface area contributed by atoms with Crippen LogP contribution in [0.3, 0.4) is 0 Å². The summed E-state index contributed by atoms with van der Waals surface area (Å²) in [6, 6.07) is 2.14. The molecule has 0 aliphatic carbocycles. The second-order valence-electron chi connectivity index (χ2n) is 5.01. The summed E-state index contributed by atoms with van der Waals surface area (Å²) in [5, 5.41) is 3.17. The molecule has 0 spiro atoms. The van der Waals surface area contributed by atoms with Crippen molar-refractivity contribution in [3.8, 4) is 17.2 Å². The third kappa shape index (κ3) is 3.41. The van der Waals surface area contributed by atoms with Gasteiger partial charge in [-0.25, -0.2) is 8.78 Å². The first-order valence-electron chi connectivity index (χ1n) is 7.15. The number of rotatable bonds is 6. The SMILES string of the molecule is COc1cc(OC)c([C@H](C(F)F)N2CCNCC2)c(OC)c1. The van der Waals surface area contributed by atoms with Gasteiger partial charge in [0.05, 0.1) is 26.9 Å². The van der Waals surface area contributed by atoms with E-state index >= 15 is 0 Å². The van der Waals surface area contributed by atoms with Crippen LogP contribution in [0.4, 0.5) is 8.78 Å². The minimum absolute atomic E-state index is 0.347. The van der Waals surface area contributed by atoms with Crippen molar-refractivity contribution in [2.24, 2.45) is 0 Å². The van der Waals surface area contributed by atoms with E-state index in [-0.39, 0.29) is 0 Å². The zero-order valence-electron chi connectivity index (χ0n) is 13.1. The van der Waals surface area contributed by atoms with Crippen LogP contribution in [0, 0.1) is 0 Å². The summed E-state index contributed by atoms with van der Waals surface area (Å²) in [5.41, 5.74) is 0.364. The van der Waals surface area contributed by atoms with Crippen molar-refractivity contribution < 1.29 is 23.0 Å². The van der Waals surface area contributed by atoms with Crippen LogP contribution in [0.25, 0.3) is 0 Å².